The summed E-state index contributed by atoms with van der Waals surface area (Å²) in [6.45, 7) is 2.41. The summed E-state index contributed by atoms with van der Waals surface area (Å²) in [5.74, 6) is -1.06. The van der Waals surface area contributed by atoms with Crippen LogP contribution in [0.1, 0.15) is 25.8 Å². The van der Waals surface area contributed by atoms with Crippen LogP contribution in [0.25, 0.3) is 4.91 Å². The van der Waals surface area contributed by atoms with Crippen LogP contribution in [0.2, 0.25) is 0 Å². The third-order valence-corrected chi connectivity index (χ3v) is 6.66. The van der Waals surface area contributed by atoms with Gasteiger partial charge in [-0.25, -0.2) is 12.7 Å². The first-order chi connectivity index (χ1) is 15.2. The van der Waals surface area contributed by atoms with Crippen molar-refractivity contribution >= 4 is 44.0 Å². The first kappa shape index (κ1) is 23.0. The van der Waals surface area contributed by atoms with Crippen LogP contribution in [0.4, 0.5) is 11.4 Å². The molecule has 1 aliphatic heterocycles. The van der Waals surface area contributed by atoms with Crippen molar-refractivity contribution in [2.75, 3.05) is 24.3 Å². The number of rotatable bonds is 7. The van der Waals surface area contributed by atoms with Crippen molar-refractivity contribution < 1.29 is 27.5 Å². The van der Waals surface area contributed by atoms with Gasteiger partial charge in [0.15, 0.2) is 0 Å². The number of anilines is 2. The molecule has 0 spiro atoms. The zero-order chi connectivity index (χ0) is 23.5. The number of nitrogens with one attached hydrogen (secondary N) is 2. The molecule has 0 atom stereocenters. The van der Waals surface area contributed by atoms with E-state index in [9.17, 15) is 22.8 Å². The maximum absolute atomic E-state index is 13.2. The Bertz CT molecular complexity index is 1190. The summed E-state index contributed by atoms with van der Waals surface area (Å²) >= 11 is 0. The molecule has 1 heterocycles. The molecular formula is C22H23N3O6S. The van der Waals surface area contributed by atoms with Crippen LogP contribution in [-0.4, -0.2) is 44.1 Å². The summed E-state index contributed by atoms with van der Waals surface area (Å²) in [5.41, 5.74) is 1.43. The van der Waals surface area contributed by atoms with Crippen molar-refractivity contribution in [1.82, 2.24) is 4.31 Å². The lowest BCUT2D eigenvalue weighted by Crippen LogP contribution is -2.38. The number of methoxy groups -OCH3 is 1. The van der Waals surface area contributed by atoms with E-state index in [4.69, 9.17) is 4.74 Å². The average Bonchev–Trinajstić information content (AvgIpc) is 2.94. The van der Waals surface area contributed by atoms with E-state index in [-0.39, 0.29) is 22.8 Å². The van der Waals surface area contributed by atoms with Crippen molar-refractivity contribution in [3.63, 3.8) is 0 Å². The zero-order valence-corrected chi connectivity index (χ0v) is 18.7. The van der Waals surface area contributed by atoms with Crippen LogP contribution in [-0.2, 0) is 24.4 Å². The minimum Gasteiger partial charge on any atom is -0.497 e. The smallest absolute Gasteiger partial charge is 0.268 e. The molecule has 1 aliphatic rings. The lowest BCUT2D eigenvalue weighted by Gasteiger charge is -2.16. The number of nitrogens with zero attached hydrogens (tertiary/aromatic N) is 1. The zero-order valence-electron chi connectivity index (χ0n) is 17.8. The van der Waals surface area contributed by atoms with Crippen LogP contribution in [0.5, 0.6) is 5.75 Å². The van der Waals surface area contributed by atoms with Crippen molar-refractivity contribution in [3.05, 3.63) is 59.7 Å². The molecule has 9 nitrogen and oxygen atoms in total. The van der Waals surface area contributed by atoms with Gasteiger partial charge in [-0.15, -0.1) is 0 Å². The Hall–Kier alpha value is -3.66. The summed E-state index contributed by atoms with van der Waals surface area (Å²) < 4.78 is 32.0. The van der Waals surface area contributed by atoms with Crippen molar-refractivity contribution in [2.45, 2.75) is 20.3 Å². The topological polar surface area (TPSA) is 122 Å². The lowest BCUT2D eigenvalue weighted by molar-refractivity contribution is -0.126. The Morgan fingerprint density at radius 2 is 1.53 bits per heavy atom. The molecule has 3 rings (SSSR count). The van der Waals surface area contributed by atoms with Crippen LogP contribution in [0, 0.1) is 0 Å². The molecule has 32 heavy (non-hydrogen) atoms. The second kappa shape index (κ2) is 9.23. The normalized spacial score (nSPS) is 15.0. The van der Waals surface area contributed by atoms with Crippen LogP contribution in [0.15, 0.2) is 54.1 Å². The van der Waals surface area contributed by atoms with Crippen molar-refractivity contribution in [3.8, 4) is 5.75 Å². The Balaban J connectivity index is 1.79. The molecule has 0 saturated heterocycles. The Kier molecular flexibility index (Phi) is 6.64. The van der Waals surface area contributed by atoms with Gasteiger partial charge in [0, 0.05) is 23.9 Å². The number of benzene rings is 2. The molecule has 0 saturated carbocycles. The summed E-state index contributed by atoms with van der Waals surface area (Å²) in [5, 5.41) is 5.17. The number of amides is 3. The maximum atomic E-state index is 13.2. The Morgan fingerprint density at radius 1 is 0.969 bits per heavy atom. The third kappa shape index (κ3) is 4.65. The molecule has 0 aliphatic carbocycles. The van der Waals surface area contributed by atoms with E-state index >= 15 is 0 Å². The summed E-state index contributed by atoms with van der Waals surface area (Å²) in [6.07, 6.45) is 0.197. The lowest BCUT2D eigenvalue weighted by atomic mass is 10.1. The summed E-state index contributed by atoms with van der Waals surface area (Å²) in [7, 11) is -2.71. The number of sulfonamides is 1. The highest BCUT2D eigenvalue weighted by Crippen LogP contribution is 2.37. The predicted molar refractivity (Wildman–Crippen MR) is 120 cm³/mol. The second-order valence-corrected chi connectivity index (χ2v) is 8.81. The van der Waals surface area contributed by atoms with E-state index < -0.39 is 28.4 Å². The number of hydrogen-bond acceptors (Lipinski definition) is 6. The Labute approximate surface area is 186 Å². The fourth-order valence-electron chi connectivity index (χ4n) is 3.33. The molecule has 2 aromatic carbocycles. The molecule has 0 radical (unpaired) electrons. The van der Waals surface area contributed by atoms with E-state index in [1.807, 2.05) is 0 Å². The highest BCUT2D eigenvalue weighted by atomic mass is 32.2. The Morgan fingerprint density at radius 3 is 2.03 bits per heavy atom. The fraction of sp³-hybridized carbons (Fsp3) is 0.227. The van der Waals surface area contributed by atoms with Gasteiger partial charge in [-0.2, -0.15) is 0 Å². The third-order valence-electron chi connectivity index (χ3n) is 4.79. The van der Waals surface area contributed by atoms with E-state index in [0.29, 0.717) is 27.0 Å². The van der Waals surface area contributed by atoms with Crippen molar-refractivity contribution in [1.29, 1.82) is 0 Å². The molecule has 2 N–H and O–H groups in total. The van der Waals surface area contributed by atoms with E-state index in [0.717, 1.165) is 0 Å². The van der Waals surface area contributed by atoms with E-state index in [2.05, 4.69) is 10.6 Å². The molecule has 2 aromatic rings. The van der Waals surface area contributed by atoms with Crippen LogP contribution in [0.3, 0.4) is 0 Å². The van der Waals surface area contributed by atoms with Gasteiger partial charge in [0.1, 0.15) is 17.2 Å². The summed E-state index contributed by atoms with van der Waals surface area (Å²) in [4.78, 5) is 36.3. The minimum absolute atomic E-state index is 0.0971. The first-order valence-corrected chi connectivity index (χ1v) is 11.2. The predicted octanol–water partition coefficient (Wildman–Crippen LogP) is 2.59. The van der Waals surface area contributed by atoms with Gasteiger partial charge in [-0.05, 0) is 60.5 Å². The summed E-state index contributed by atoms with van der Waals surface area (Å²) in [6, 6.07) is 12.6. The standard InChI is InChI=1S/C22H23N3O6S/c1-4-19-21(15-5-11-18(31-3)12-6-15)32(29,30)25(22(19)28)13-20(27)24-17-9-7-16(8-10-17)23-14(2)26/h5-12H,4,13H2,1-3H3,(H,23,26)(H,24,27). The molecular weight excluding hydrogens is 434 g/mol. The molecule has 0 fully saturated rings. The first-order valence-electron chi connectivity index (χ1n) is 9.79. The number of carbonyl (C=O) groups excluding carboxylic acids is 3. The van der Waals surface area contributed by atoms with Crippen LogP contribution >= 0.6 is 0 Å². The SMILES string of the molecule is CCC1=C(c2ccc(OC)cc2)S(=O)(=O)N(CC(=O)Nc2ccc(NC(C)=O)cc2)C1=O. The highest BCUT2D eigenvalue weighted by Gasteiger charge is 2.44. The minimum atomic E-state index is -4.20. The molecule has 10 heteroatoms. The van der Waals surface area contributed by atoms with Crippen molar-refractivity contribution in [2.24, 2.45) is 0 Å². The number of hydrogen-bond donors (Lipinski definition) is 2. The highest BCUT2D eigenvalue weighted by molar-refractivity contribution is 7.99. The number of carbonyl (C=O) groups is 3. The largest absolute Gasteiger partial charge is 0.497 e. The van der Waals surface area contributed by atoms with Gasteiger partial charge in [0.25, 0.3) is 15.9 Å². The molecule has 0 aromatic heterocycles. The maximum Gasteiger partial charge on any atom is 0.268 e. The molecule has 3 amide bonds. The van der Waals surface area contributed by atoms with Gasteiger partial charge < -0.3 is 15.4 Å². The molecule has 0 bridgehead atoms. The average molecular weight is 458 g/mol. The van der Waals surface area contributed by atoms with Gasteiger partial charge >= 0.3 is 0 Å². The van der Waals surface area contributed by atoms with Gasteiger partial charge in [-0.3, -0.25) is 14.4 Å². The monoisotopic (exact) mass is 457 g/mol. The quantitative estimate of drug-likeness (QED) is 0.659. The van der Waals surface area contributed by atoms with E-state index in [1.54, 1.807) is 55.5 Å². The fourth-order valence-corrected chi connectivity index (χ4v) is 5.14. The van der Waals surface area contributed by atoms with Gasteiger partial charge in [0.2, 0.25) is 11.8 Å². The molecule has 0 unspecified atom stereocenters. The molecule has 168 valence electrons. The van der Waals surface area contributed by atoms with Crippen LogP contribution < -0.4 is 15.4 Å². The second-order valence-electron chi connectivity index (χ2n) is 7.01. The van der Waals surface area contributed by atoms with Gasteiger partial charge in [0.05, 0.1) is 7.11 Å². The van der Waals surface area contributed by atoms with Gasteiger partial charge in [-0.1, -0.05) is 6.92 Å². The number of ether oxygens (including phenoxy) is 1. The van der Waals surface area contributed by atoms with E-state index in [1.165, 1.54) is 14.0 Å².